The van der Waals surface area contributed by atoms with E-state index in [1.54, 1.807) is 6.20 Å². The van der Waals surface area contributed by atoms with E-state index in [1.165, 1.54) is 25.7 Å². The molecule has 0 saturated carbocycles. The minimum atomic E-state index is 0.179. The van der Waals surface area contributed by atoms with Crippen molar-refractivity contribution in [2.24, 2.45) is 0 Å². The molecule has 18 heavy (non-hydrogen) atoms. The summed E-state index contributed by atoms with van der Waals surface area (Å²) in [5.74, 6) is 0.987. The van der Waals surface area contributed by atoms with Crippen LogP contribution in [0, 0.1) is 0 Å². The van der Waals surface area contributed by atoms with E-state index in [1.807, 2.05) is 6.07 Å². The molecule has 0 spiro atoms. The fourth-order valence-electron chi connectivity index (χ4n) is 1.75. The summed E-state index contributed by atoms with van der Waals surface area (Å²) in [5, 5.41) is 0.591. The average molecular weight is 290 g/mol. The molecule has 1 unspecified atom stereocenters. The van der Waals surface area contributed by atoms with Crippen LogP contribution in [0.4, 0.5) is 0 Å². The van der Waals surface area contributed by atoms with Crippen molar-refractivity contribution in [3.63, 3.8) is 0 Å². The monoisotopic (exact) mass is 289 g/mol. The van der Waals surface area contributed by atoms with Gasteiger partial charge in [0.25, 0.3) is 0 Å². The van der Waals surface area contributed by atoms with Crippen LogP contribution in [-0.2, 0) is 5.88 Å². The second-order valence-electron chi connectivity index (χ2n) is 4.53. The Labute approximate surface area is 120 Å². The SMILES string of the molecule is CCCCCCC(C)Oc1cc(CCl)c(Cl)cn1. The summed E-state index contributed by atoms with van der Waals surface area (Å²) in [7, 11) is 0. The lowest BCUT2D eigenvalue weighted by atomic mass is 10.1. The molecule has 1 atom stereocenters. The molecule has 102 valence electrons. The van der Waals surface area contributed by atoms with Crippen LogP contribution in [-0.4, -0.2) is 11.1 Å². The van der Waals surface area contributed by atoms with E-state index in [0.717, 1.165) is 12.0 Å². The molecule has 1 heterocycles. The molecule has 0 fully saturated rings. The van der Waals surface area contributed by atoms with E-state index in [-0.39, 0.29) is 6.10 Å². The van der Waals surface area contributed by atoms with Gasteiger partial charge in [0.1, 0.15) is 0 Å². The molecule has 2 nitrogen and oxygen atoms in total. The van der Waals surface area contributed by atoms with Gasteiger partial charge in [-0.05, 0) is 25.3 Å². The quantitative estimate of drug-likeness (QED) is 0.484. The topological polar surface area (TPSA) is 22.1 Å². The minimum Gasteiger partial charge on any atom is -0.475 e. The minimum absolute atomic E-state index is 0.179. The molecule has 1 aromatic rings. The highest BCUT2D eigenvalue weighted by molar-refractivity contribution is 6.32. The molecule has 0 N–H and O–H groups in total. The molecule has 0 amide bonds. The van der Waals surface area contributed by atoms with Gasteiger partial charge in [-0.25, -0.2) is 4.98 Å². The van der Waals surface area contributed by atoms with Gasteiger partial charge in [-0.15, -0.1) is 11.6 Å². The summed E-state index contributed by atoms with van der Waals surface area (Å²) < 4.78 is 5.76. The molecular formula is C14H21Cl2NO. The second-order valence-corrected chi connectivity index (χ2v) is 5.20. The highest BCUT2D eigenvalue weighted by atomic mass is 35.5. The summed E-state index contributed by atoms with van der Waals surface area (Å²) in [6.45, 7) is 4.29. The van der Waals surface area contributed by atoms with E-state index in [0.29, 0.717) is 16.8 Å². The zero-order chi connectivity index (χ0) is 13.4. The number of unbranched alkanes of at least 4 members (excludes halogenated alkanes) is 3. The Morgan fingerprint density at radius 2 is 2.11 bits per heavy atom. The van der Waals surface area contributed by atoms with Gasteiger partial charge in [0.2, 0.25) is 5.88 Å². The summed E-state index contributed by atoms with van der Waals surface area (Å²) in [6.07, 6.45) is 7.85. The number of alkyl halides is 1. The maximum Gasteiger partial charge on any atom is 0.213 e. The summed E-state index contributed by atoms with van der Waals surface area (Å²) in [4.78, 5) is 4.16. The molecule has 0 aliphatic carbocycles. The summed E-state index contributed by atoms with van der Waals surface area (Å²) in [6, 6.07) is 1.82. The van der Waals surface area contributed by atoms with Crippen LogP contribution >= 0.6 is 23.2 Å². The van der Waals surface area contributed by atoms with Gasteiger partial charge in [0.05, 0.1) is 11.1 Å². The van der Waals surface area contributed by atoms with E-state index in [4.69, 9.17) is 27.9 Å². The Balaban J connectivity index is 2.41. The van der Waals surface area contributed by atoms with Crippen LogP contribution in [0.2, 0.25) is 5.02 Å². The van der Waals surface area contributed by atoms with Crippen LogP contribution < -0.4 is 4.74 Å². The van der Waals surface area contributed by atoms with Gasteiger partial charge in [-0.2, -0.15) is 0 Å². The molecule has 1 rings (SSSR count). The van der Waals surface area contributed by atoms with Crippen molar-refractivity contribution in [2.75, 3.05) is 0 Å². The smallest absolute Gasteiger partial charge is 0.213 e. The van der Waals surface area contributed by atoms with Crippen LogP contribution in [0.5, 0.6) is 5.88 Å². The number of rotatable bonds is 8. The average Bonchev–Trinajstić information content (AvgIpc) is 2.37. The van der Waals surface area contributed by atoms with Crippen molar-refractivity contribution in [3.05, 3.63) is 22.8 Å². The van der Waals surface area contributed by atoms with E-state index < -0.39 is 0 Å². The van der Waals surface area contributed by atoms with Crippen molar-refractivity contribution in [1.82, 2.24) is 4.98 Å². The molecule has 1 aromatic heterocycles. The second kappa shape index (κ2) is 8.60. The van der Waals surface area contributed by atoms with Gasteiger partial charge >= 0.3 is 0 Å². The van der Waals surface area contributed by atoms with Gasteiger partial charge in [-0.1, -0.05) is 37.8 Å². The Kier molecular flexibility index (Phi) is 7.45. The first-order chi connectivity index (χ1) is 8.67. The van der Waals surface area contributed by atoms with Gasteiger partial charge in [0, 0.05) is 18.1 Å². The highest BCUT2D eigenvalue weighted by Gasteiger charge is 2.07. The van der Waals surface area contributed by atoms with Crippen molar-refractivity contribution < 1.29 is 4.74 Å². The van der Waals surface area contributed by atoms with Crippen molar-refractivity contribution in [1.29, 1.82) is 0 Å². The van der Waals surface area contributed by atoms with Crippen molar-refractivity contribution >= 4 is 23.2 Å². The lowest BCUT2D eigenvalue weighted by Gasteiger charge is -2.14. The normalized spacial score (nSPS) is 12.4. The molecule has 0 aromatic carbocycles. The first kappa shape index (κ1) is 15.6. The highest BCUT2D eigenvalue weighted by Crippen LogP contribution is 2.22. The summed E-state index contributed by atoms with van der Waals surface area (Å²) >= 11 is 11.7. The number of hydrogen-bond acceptors (Lipinski definition) is 2. The fourth-order valence-corrected chi connectivity index (χ4v) is 2.21. The lowest BCUT2D eigenvalue weighted by molar-refractivity contribution is 0.198. The third-order valence-corrected chi connectivity index (χ3v) is 3.47. The van der Waals surface area contributed by atoms with Crippen molar-refractivity contribution in [3.8, 4) is 5.88 Å². The predicted molar refractivity (Wildman–Crippen MR) is 77.7 cm³/mol. The molecule has 0 radical (unpaired) electrons. The van der Waals surface area contributed by atoms with E-state index >= 15 is 0 Å². The molecule has 0 aliphatic heterocycles. The third-order valence-electron chi connectivity index (χ3n) is 2.84. The number of ether oxygens (including phenoxy) is 1. The van der Waals surface area contributed by atoms with Crippen LogP contribution in [0.25, 0.3) is 0 Å². The van der Waals surface area contributed by atoms with Gasteiger partial charge < -0.3 is 4.74 Å². The molecule has 0 saturated heterocycles. The number of nitrogens with zero attached hydrogens (tertiary/aromatic N) is 1. The molecule has 0 bridgehead atoms. The zero-order valence-electron chi connectivity index (χ0n) is 11.1. The molecular weight excluding hydrogens is 269 g/mol. The van der Waals surface area contributed by atoms with Crippen LogP contribution in [0.15, 0.2) is 12.3 Å². The number of pyridine rings is 1. The fraction of sp³-hybridized carbons (Fsp3) is 0.643. The third kappa shape index (κ3) is 5.45. The van der Waals surface area contributed by atoms with E-state index in [2.05, 4.69) is 18.8 Å². The maximum absolute atomic E-state index is 5.95. The van der Waals surface area contributed by atoms with E-state index in [9.17, 15) is 0 Å². The predicted octanol–water partition coefficient (Wildman–Crippen LogP) is 5.21. The number of hydrogen-bond donors (Lipinski definition) is 0. The van der Waals surface area contributed by atoms with Crippen LogP contribution in [0.1, 0.15) is 51.5 Å². The van der Waals surface area contributed by atoms with Gasteiger partial charge in [0.15, 0.2) is 0 Å². The van der Waals surface area contributed by atoms with Gasteiger partial charge in [-0.3, -0.25) is 0 Å². The van der Waals surface area contributed by atoms with Crippen molar-refractivity contribution in [2.45, 2.75) is 57.9 Å². The zero-order valence-corrected chi connectivity index (χ0v) is 12.6. The van der Waals surface area contributed by atoms with Crippen LogP contribution in [0.3, 0.4) is 0 Å². The number of halogens is 2. The molecule has 0 aliphatic rings. The lowest BCUT2D eigenvalue weighted by Crippen LogP contribution is -2.12. The summed E-state index contributed by atoms with van der Waals surface area (Å²) in [5.41, 5.74) is 0.863. The Bertz CT molecular complexity index is 358. The Hall–Kier alpha value is -0.470. The largest absolute Gasteiger partial charge is 0.475 e. The number of aromatic nitrogens is 1. The Morgan fingerprint density at radius 3 is 2.78 bits per heavy atom. The Morgan fingerprint density at radius 1 is 1.33 bits per heavy atom. The maximum atomic E-state index is 5.95. The molecule has 4 heteroatoms. The standard InChI is InChI=1S/C14H21Cl2NO/c1-3-4-5-6-7-11(2)18-14-8-12(9-15)13(16)10-17-14/h8,10-11H,3-7,9H2,1-2H3. The first-order valence-electron chi connectivity index (χ1n) is 6.54. The first-order valence-corrected chi connectivity index (χ1v) is 7.45.